The van der Waals surface area contributed by atoms with Gasteiger partial charge in [-0.3, -0.25) is 9.59 Å². The van der Waals surface area contributed by atoms with Crippen LogP contribution in [0.5, 0.6) is 0 Å². The zero-order valence-corrected chi connectivity index (χ0v) is 18.3. The van der Waals surface area contributed by atoms with Crippen LogP contribution in [0.25, 0.3) is 0 Å². The maximum Gasteiger partial charge on any atom is 0.170 e. The maximum absolute atomic E-state index is 13.4. The first kappa shape index (κ1) is 23.1. The second-order valence-electron chi connectivity index (χ2n) is 6.84. The van der Waals surface area contributed by atoms with Crippen LogP contribution >= 0.6 is 31.9 Å². The van der Waals surface area contributed by atoms with Crippen LogP contribution in [-0.4, -0.2) is 21.8 Å². The fourth-order valence-corrected chi connectivity index (χ4v) is 4.80. The summed E-state index contributed by atoms with van der Waals surface area (Å²) in [5, 5.41) is 19.2. The van der Waals surface area contributed by atoms with Crippen molar-refractivity contribution in [2.45, 2.75) is 37.9 Å². The van der Waals surface area contributed by atoms with Crippen molar-refractivity contribution in [1.82, 2.24) is 0 Å². The summed E-state index contributed by atoms with van der Waals surface area (Å²) in [5.74, 6) is -5.30. The summed E-state index contributed by atoms with van der Waals surface area (Å²) in [7, 11) is 0. The lowest BCUT2D eigenvalue weighted by Gasteiger charge is -2.27. The lowest BCUT2D eigenvalue weighted by molar-refractivity contribution is 0.0863. The van der Waals surface area contributed by atoms with Crippen LogP contribution in [0.4, 0.5) is 17.6 Å². The molecule has 0 aromatic heterocycles. The molecule has 2 unspecified atom stereocenters. The van der Waals surface area contributed by atoms with Crippen molar-refractivity contribution in [3.8, 4) is 0 Å². The average molecular weight is 554 g/mol. The van der Waals surface area contributed by atoms with Crippen molar-refractivity contribution >= 4 is 43.4 Å². The van der Waals surface area contributed by atoms with Crippen LogP contribution in [0.2, 0.25) is 0 Å². The van der Waals surface area contributed by atoms with E-state index < -0.39 is 46.8 Å². The minimum absolute atomic E-state index is 0.0369. The molecule has 30 heavy (non-hydrogen) atoms. The van der Waals surface area contributed by atoms with E-state index in [1.807, 2.05) is 0 Å². The maximum atomic E-state index is 13.4. The molecule has 2 atom stereocenters. The highest BCUT2D eigenvalue weighted by molar-refractivity contribution is 9.10. The van der Waals surface area contributed by atoms with Gasteiger partial charge in [0, 0.05) is 38.5 Å². The molecule has 0 saturated heterocycles. The average Bonchev–Trinajstić information content (AvgIpc) is 2.68. The predicted molar refractivity (Wildman–Crippen MR) is 105 cm³/mol. The molecule has 10 heteroatoms. The van der Waals surface area contributed by atoms with Crippen molar-refractivity contribution in [3.63, 3.8) is 0 Å². The molecule has 0 radical (unpaired) electrons. The third kappa shape index (κ3) is 4.10. The van der Waals surface area contributed by atoms with Gasteiger partial charge in [-0.05, 0) is 40.9 Å². The zero-order valence-electron chi connectivity index (χ0n) is 15.1. The number of rotatable bonds is 0. The van der Waals surface area contributed by atoms with Crippen molar-refractivity contribution in [3.05, 3.63) is 66.6 Å². The Bertz CT molecular complexity index is 1060. The van der Waals surface area contributed by atoms with E-state index in [0.29, 0.717) is 10.9 Å². The molecule has 4 nitrogen and oxygen atoms in total. The van der Waals surface area contributed by atoms with Crippen molar-refractivity contribution < 1.29 is 37.4 Å². The molecule has 0 spiro atoms. The third-order valence-electron chi connectivity index (χ3n) is 4.94. The molecular formula is C20H14Br2F4O4. The van der Waals surface area contributed by atoms with Gasteiger partial charge in [-0.2, -0.15) is 0 Å². The predicted octanol–water partition coefficient (Wildman–Crippen LogP) is 5.47. The van der Waals surface area contributed by atoms with Gasteiger partial charge >= 0.3 is 0 Å². The van der Waals surface area contributed by atoms with Gasteiger partial charge in [0.25, 0.3) is 0 Å². The molecule has 0 bridgehead atoms. The van der Waals surface area contributed by atoms with Crippen molar-refractivity contribution in [1.29, 1.82) is 0 Å². The number of halogens is 6. The van der Waals surface area contributed by atoms with E-state index in [9.17, 15) is 37.4 Å². The van der Waals surface area contributed by atoms with Crippen molar-refractivity contribution in [2.75, 3.05) is 0 Å². The fraction of sp³-hybridized carbons (Fsp3) is 0.300. The second-order valence-corrected chi connectivity index (χ2v) is 8.55. The largest absolute Gasteiger partial charge is 0.388 e. The topological polar surface area (TPSA) is 74.6 Å². The van der Waals surface area contributed by atoms with Crippen LogP contribution < -0.4 is 0 Å². The van der Waals surface area contributed by atoms with E-state index in [-0.39, 0.29) is 46.2 Å². The highest BCUT2D eigenvalue weighted by Gasteiger charge is 2.32. The molecule has 2 aromatic rings. The first-order chi connectivity index (χ1) is 14.0. The SMILES string of the molecule is O=C1CCC(=O)c2c(F)c(F)cc(Br)c21.OC1CCC(O)c2c(F)c(F)cc(Br)c21. The molecule has 0 fully saturated rings. The van der Waals surface area contributed by atoms with Crippen LogP contribution in [0.3, 0.4) is 0 Å². The normalized spacial score (nSPS) is 20.3. The Balaban J connectivity index is 0.000000171. The Labute approximate surface area is 185 Å². The number of Topliss-reactive ketones (excluding diaryl/α,β-unsaturated/α-hetero) is 2. The summed E-state index contributed by atoms with van der Waals surface area (Å²) in [6.07, 6.45) is -1.32. The quantitative estimate of drug-likeness (QED) is 0.335. The molecule has 2 aliphatic rings. The number of fused-ring (bicyclic) bond motifs is 2. The van der Waals surface area contributed by atoms with Crippen molar-refractivity contribution in [2.24, 2.45) is 0 Å². The lowest BCUT2D eigenvalue weighted by atomic mass is 9.87. The Kier molecular flexibility index (Phi) is 6.81. The summed E-state index contributed by atoms with van der Waals surface area (Å²) < 4.78 is 53.2. The van der Waals surface area contributed by atoms with Gasteiger partial charge < -0.3 is 10.2 Å². The molecule has 0 saturated carbocycles. The Morgan fingerprint density at radius 1 is 0.733 bits per heavy atom. The molecule has 0 aliphatic heterocycles. The number of benzene rings is 2. The van der Waals surface area contributed by atoms with Crippen LogP contribution in [0, 0.1) is 23.3 Å². The van der Waals surface area contributed by atoms with Gasteiger partial charge in [-0.15, -0.1) is 0 Å². The summed E-state index contributed by atoms with van der Waals surface area (Å²) in [6, 6.07) is 1.83. The van der Waals surface area contributed by atoms with E-state index in [4.69, 9.17) is 0 Å². The smallest absolute Gasteiger partial charge is 0.170 e. The number of aliphatic hydroxyl groups excluding tert-OH is 2. The van der Waals surface area contributed by atoms with Gasteiger partial charge in [0.2, 0.25) is 0 Å². The van der Waals surface area contributed by atoms with E-state index in [1.165, 1.54) is 0 Å². The van der Waals surface area contributed by atoms with Crippen LogP contribution in [-0.2, 0) is 0 Å². The number of hydrogen-bond acceptors (Lipinski definition) is 4. The zero-order chi connectivity index (χ0) is 22.3. The van der Waals surface area contributed by atoms with Crippen LogP contribution in [0.1, 0.15) is 69.7 Å². The standard InChI is InChI=1S/C10H9BrF2O2.C10H5BrF2O2/c2*11-4-3-5(12)10(13)9-7(15)2-1-6(14)8(4)9/h3,6-7,14-15H,1-2H2;3H,1-2H2. The molecule has 0 amide bonds. The molecule has 2 aromatic carbocycles. The Morgan fingerprint density at radius 2 is 1.20 bits per heavy atom. The highest BCUT2D eigenvalue weighted by Crippen LogP contribution is 2.42. The van der Waals surface area contributed by atoms with E-state index >= 15 is 0 Å². The minimum Gasteiger partial charge on any atom is -0.388 e. The second kappa shape index (κ2) is 8.86. The molecule has 0 heterocycles. The van der Waals surface area contributed by atoms with Crippen LogP contribution in [0.15, 0.2) is 21.1 Å². The summed E-state index contributed by atoms with van der Waals surface area (Å²) in [4.78, 5) is 22.8. The van der Waals surface area contributed by atoms with Gasteiger partial charge in [0.05, 0.1) is 17.8 Å². The number of carbonyl (C=O) groups excluding carboxylic acids is 2. The molecule has 160 valence electrons. The Morgan fingerprint density at radius 3 is 1.80 bits per heavy atom. The summed E-state index contributed by atoms with van der Waals surface area (Å²) in [5.41, 5.74) is -0.323. The number of hydrogen-bond donors (Lipinski definition) is 2. The molecule has 4 rings (SSSR count). The van der Waals surface area contributed by atoms with E-state index in [0.717, 1.165) is 12.1 Å². The first-order valence-corrected chi connectivity index (χ1v) is 10.4. The summed E-state index contributed by atoms with van der Waals surface area (Å²) in [6.45, 7) is 0. The minimum atomic E-state index is -1.23. The van der Waals surface area contributed by atoms with Gasteiger partial charge in [-0.1, -0.05) is 15.9 Å². The van der Waals surface area contributed by atoms with E-state index in [2.05, 4.69) is 31.9 Å². The highest BCUT2D eigenvalue weighted by atomic mass is 79.9. The number of carbonyl (C=O) groups is 2. The van der Waals surface area contributed by atoms with Gasteiger partial charge in [0.1, 0.15) is 0 Å². The molecule has 2 aliphatic carbocycles. The monoisotopic (exact) mass is 552 g/mol. The van der Waals surface area contributed by atoms with Gasteiger partial charge in [0.15, 0.2) is 34.8 Å². The van der Waals surface area contributed by atoms with E-state index in [1.54, 1.807) is 0 Å². The molecular weight excluding hydrogens is 540 g/mol. The van der Waals surface area contributed by atoms with Gasteiger partial charge in [-0.25, -0.2) is 17.6 Å². The third-order valence-corrected chi connectivity index (χ3v) is 6.22. The fourth-order valence-electron chi connectivity index (χ4n) is 3.50. The molecule has 2 N–H and O–H groups in total. The summed E-state index contributed by atoms with van der Waals surface area (Å²) >= 11 is 6.01. The first-order valence-electron chi connectivity index (χ1n) is 8.81. The number of ketones is 2. The lowest BCUT2D eigenvalue weighted by Crippen LogP contribution is -2.20. The Hall–Kier alpha value is -1.62. The number of aliphatic hydroxyl groups is 2.